The van der Waals surface area contributed by atoms with Gasteiger partial charge >= 0.3 is 0 Å². The minimum absolute atomic E-state index is 0.0241. The molecule has 3 rings (SSSR count). The standard InChI is InChI=1S/C23H29N3O3/c1-3-29-22-6-4-5-18(15-22)16-26-13-11-19(12-14-26)23(28)25-21-9-7-20(8-10-21)24-17(2)27/h4-10,15,19H,3,11-14,16H2,1-2H3,(H,24,27)(H,25,28). The van der Waals surface area contributed by atoms with E-state index >= 15 is 0 Å². The second kappa shape index (κ2) is 10.1. The first-order valence-corrected chi connectivity index (χ1v) is 10.2. The van der Waals surface area contributed by atoms with E-state index in [1.807, 2.05) is 31.2 Å². The molecule has 1 aliphatic rings. The first kappa shape index (κ1) is 20.9. The highest BCUT2D eigenvalue weighted by atomic mass is 16.5. The van der Waals surface area contributed by atoms with Crippen LogP contribution in [-0.2, 0) is 16.1 Å². The lowest BCUT2D eigenvalue weighted by Gasteiger charge is -2.31. The smallest absolute Gasteiger partial charge is 0.227 e. The van der Waals surface area contributed by atoms with E-state index in [0.29, 0.717) is 6.61 Å². The van der Waals surface area contributed by atoms with Crippen molar-refractivity contribution in [1.29, 1.82) is 0 Å². The molecule has 2 N–H and O–H groups in total. The Morgan fingerprint density at radius 3 is 2.31 bits per heavy atom. The van der Waals surface area contributed by atoms with Crippen LogP contribution < -0.4 is 15.4 Å². The lowest BCUT2D eigenvalue weighted by molar-refractivity contribution is -0.121. The molecule has 2 amide bonds. The van der Waals surface area contributed by atoms with E-state index < -0.39 is 0 Å². The Morgan fingerprint density at radius 2 is 1.69 bits per heavy atom. The van der Waals surface area contributed by atoms with Gasteiger partial charge in [0.15, 0.2) is 0 Å². The maximum absolute atomic E-state index is 12.6. The van der Waals surface area contributed by atoms with Gasteiger partial charge in [0.1, 0.15) is 5.75 Å². The van der Waals surface area contributed by atoms with Crippen molar-refractivity contribution in [3.05, 3.63) is 54.1 Å². The molecule has 154 valence electrons. The Kier molecular flexibility index (Phi) is 7.25. The van der Waals surface area contributed by atoms with Gasteiger partial charge in [0, 0.05) is 30.8 Å². The second-order valence-corrected chi connectivity index (χ2v) is 7.38. The third-order valence-corrected chi connectivity index (χ3v) is 5.05. The van der Waals surface area contributed by atoms with Gasteiger partial charge in [-0.1, -0.05) is 12.1 Å². The fraction of sp³-hybridized carbons (Fsp3) is 0.391. The van der Waals surface area contributed by atoms with E-state index in [0.717, 1.165) is 49.6 Å². The summed E-state index contributed by atoms with van der Waals surface area (Å²) in [4.78, 5) is 26.1. The van der Waals surface area contributed by atoms with Gasteiger partial charge in [-0.25, -0.2) is 0 Å². The number of nitrogens with zero attached hydrogens (tertiary/aromatic N) is 1. The Bertz CT molecular complexity index is 828. The molecule has 0 spiro atoms. The van der Waals surface area contributed by atoms with Crippen LogP contribution in [0.3, 0.4) is 0 Å². The van der Waals surface area contributed by atoms with Gasteiger partial charge in [-0.15, -0.1) is 0 Å². The summed E-state index contributed by atoms with van der Waals surface area (Å²) in [5, 5.41) is 5.71. The van der Waals surface area contributed by atoms with Crippen molar-refractivity contribution >= 4 is 23.2 Å². The van der Waals surface area contributed by atoms with Crippen LogP contribution in [0.1, 0.15) is 32.3 Å². The molecular weight excluding hydrogens is 366 g/mol. The zero-order valence-electron chi connectivity index (χ0n) is 17.1. The van der Waals surface area contributed by atoms with Gasteiger partial charge < -0.3 is 15.4 Å². The molecule has 6 nitrogen and oxygen atoms in total. The summed E-state index contributed by atoms with van der Waals surface area (Å²) in [5.74, 6) is 0.883. The van der Waals surface area contributed by atoms with Crippen LogP contribution in [-0.4, -0.2) is 36.4 Å². The maximum Gasteiger partial charge on any atom is 0.227 e. The van der Waals surface area contributed by atoms with Crippen LogP contribution in [0.5, 0.6) is 5.75 Å². The largest absolute Gasteiger partial charge is 0.494 e. The Hall–Kier alpha value is -2.86. The molecule has 2 aromatic carbocycles. The summed E-state index contributed by atoms with van der Waals surface area (Å²) >= 11 is 0. The van der Waals surface area contributed by atoms with Crippen LogP contribution in [0.15, 0.2) is 48.5 Å². The number of carbonyl (C=O) groups excluding carboxylic acids is 2. The highest BCUT2D eigenvalue weighted by molar-refractivity contribution is 5.93. The average molecular weight is 396 g/mol. The summed E-state index contributed by atoms with van der Waals surface area (Å²) < 4.78 is 5.57. The number of anilines is 2. The summed E-state index contributed by atoms with van der Waals surface area (Å²) in [6.07, 6.45) is 1.70. The Balaban J connectivity index is 1.46. The third-order valence-electron chi connectivity index (χ3n) is 5.05. The molecule has 0 aromatic heterocycles. The first-order chi connectivity index (χ1) is 14.0. The van der Waals surface area contributed by atoms with E-state index in [1.54, 1.807) is 12.1 Å². The van der Waals surface area contributed by atoms with Gasteiger partial charge in [0.25, 0.3) is 0 Å². The molecule has 6 heteroatoms. The zero-order valence-corrected chi connectivity index (χ0v) is 17.1. The molecule has 0 atom stereocenters. The molecule has 29 heavy (non-hydrogen) atoms. The predicted molar refractivity (Wildman–Crippen MR) is 115 cm³/mol. The van der Waals surface area contributed by atoms with E-state index in [-0.39, 0.29) is 17.7 Å². The average Bonchev–Trinajstić information content (AvgIpc) is 2.70. The van der Waals surface area contributed by atoms with Gasteiger partial charge in [0.05, 0.1) is 6.61 Å². The number of carbonyl (C=O) groups is 2. The highest BCUT2D eigenvalue weighted by Gasteiger charge is 2.25. The fourth-order valence-electron chi connectivity index (χ4n) is 3.60. The highest BCUT2D eigenvalue weighted by Crippen LogP contribution is 2.23. The number of amides is 2. The number of rotatable bonds is 7. The molecule has 1 saturated heterocycles. The van der Waals surface area contributed by atoms with E-state index in [4.69, 9.17) is 4.74 Å². The molecule has 0 bridgehead atoms. The number of nitrogens with one attached hydrogen (secondary N) is 2. The number of ether oxygens (including phenoxy) is 1. The third kappa shape index (κ3) is 6.32. The van der Waals surface area contributed by atoms with E-state index in [2.05, 4.69) is 27.7 Å². The topological polar surface area (TPSA) is 70.7 Å². The molecule has 0 radical (unpaired) electrons. The number of hydrogen-bond donors (Lipinski definition) is 2. The molecule has 0 aliphatic carbocycles. The van der Waals surface area contributed by atoms with Crippen LogP contribution >= 0.6 is 0 Å². The minimum Gasteiger partial charge on any atom is -0.494 e. The van der Waals surface area contributed by atoms with E-state index in [1.165, 1.54) is 12.5 Å². The SMILES string of the molecule is CCOc1cccc(CN2CCC(C(=O)Nc3ccc(NC(C)=O)cc3)CC2)c1. The number of hydrogen-bond acceptors (Lipinski definition) is 4. The summed E-state index contributed by atoms with van der Waals surface area (Å²) in [7, 11) is 0. The van der Waals surface area contributed by atoms with Crippen molar-refractivity contribution in [3.63, 3.8) is 0 Å². The summed E-state index contributed by atoms with van der Waals surface area (Å²) in [6.45, 7) is 6.80. The molecule has 1 fully saturated rings. The maximum atomic E-state index is 12.6. The molecule has 0 saturated carbocycles. The normalized spacial score (nSPS) is 15.0. The van der Waals surface area contributed by atoms with Crippen LogP contribution in [0.2, 0.25) is 0 Å². The summed E-state index contributed by atoms with van der Waals surface area (Å²) in [6, 6.07) is 15.4. The molecule has 1 aliphatic heterocycles. The first-order valence-electron chi connectivity index (χ1n) is 10.2. The van der Waals surface area contributed by atoms with Crippen LogP contribution in [0, 0.1) is 5.92 Å². The number of piperidine rings is 1. The number of benzene rings is 2. The van der Waals surface area contributed by atoms with Crippen molar-refractivity contribution in [3.8, 4) is 5.75 Å². The molecular formula is C23H29N3O3. The van der Waals surface area contributed by atoms with Crippen LogP contribution in [0.25, 0.3) is 0 Å². The van der Waals surface area contributed by atoms with Gasteiger partial charge in [0.2, 0.25) is 11.8 Å². The fourth-order valence-corrected chi connectivity index (χ4v) is 3.60. The quantitative estimate of drug-likeness (QED) is 0.746. The van der Waals surface area contributed by atoms with Crippen LogP contribution in [0.4, 0.5) is 11.4 Å². The van der Waals surface area contributed by atoms with Gasteiger partial charge in [-0.2, -0.15) is 0 Å². The van der Waals surface area contributed by atoms with Crippen molar-refractivity contribution in [2.45, 2.75) is 33.2 Å². The lowest BCUT2D eigenvalue weighted by Crippen LogP contribution is -2.37. The Labute approximate surface area is 172 Å². The van der Waals surface area contributed by atoms with Gasteiger partial charge in [-0.3, -0.25) is 14.5 Å². The number of likely N-dealkylation sites (tertiary alicyclic amines) is 1. The minimum atomic E-state index is -0.113. The van der Waals surface area contributed by atoms with Crippen molar-refractivity contribution in [2.75, 3.05) is 30.3 Å². The molecule has 2 aromatic rings. The monoisotopic (exact) mass is 395 g/mol. The summed E-state index contributed by atoms with van der Waals surface area (Å²) in [5.41, 5.74) is 2.70. The second-order valence-electron chi connectivity index (χ2n) is 7.38. The lowest BCUT2D eigenvalue weighted by atomic mass is 9.95. The molecule has 0 unspecified atom stereocenters. The zero-order chi connectivity index (χ0) is 20.6. The predicted octanol–water partition coefficient (Wildman–Crippen LogP) is 3.89. The van der Waals surface area contributed by atoms with E-state index in [9.17, 15) is 9.59 Å². The van der Waals surface area contributed by atoms with Crippen molar-refractivity contribution < 1.29 is 14.3 Å². The van der Waals surface area contributed by atoms with Crippen molar-refractivity contribution in [1.82, 2.24) is 4.90 Å². The van der Waals surface area contributed by atoms with Crippen molar-refractivity contribution in [2.24, 2.45) is 5.92 Å². The Morgan fingerprint density at radius 1 is 1.03 bits per heavy atom. The van der Waals surface area contributed by atoms with Gasteiger partial charge in [-0.05, 0) is 74.8 Å². The molecule has 1 heterocycles.